The van der Waals surface area contributed by atoms with Gasteiger partial charge in [0.15, 0.2) is 5.82 Å². The Morgan fingerprint density at radius 1 is 1.44 bits per heavy atom. The molecular formula is C18H20N4O3. The number of hydrogen-bond donors (Lipinski definition) is 1. The molecule has 0 saturated carbocycles. The maximum Gasteiger partial charge on any atom is 0.337 e. The third-order valence-corrected chi connectivity index (χ3v) is 4.87. The monoisotopic (exact) mass is 340 g/mol. The highest BCUT2D eigenvalue weighted by Gasteiger charge is 2.27. The van der Waals surface area contributed by atoms with Gasteiger partial charge in [-0.1, -0.05) is 5.16 Å². The third kappa shape index (κ3) is 2.70. The van der Waals surface area contributed by atoms with Gasteiger partial charge in [-0.15, -0.1) is 0 Å². The lowest BCUT2D eigenvalue weighted by molar-refractivity contribution is 0.0601. The van der Waals surface area contributed by atoms with Crippen LogP contribution in [-0.2, 0) is 17.7 Å². The molecule has 0 fully saturated rings. The first kappa shape index (κ1) is 15.8. The second-order valence-electron chi connectivity index (χ2n) is 6.41. The summed E-state index contributed by atoms with van der Waals surface area (Å²) in [7, 11) is 1.40. The van der Waals surface area contributed by atoms with E-state index in [1.165, 1.54) is 18.4 Å². The van der Waals surface area contributed by atoms with Crippen molar-refractivity contribution in [2.24, 2.45) is 0 Å². The second kappa shape index (κ2) is 6.00. The molecule has 1 aliphatic rings. The van der Waals surface area contributed by atoms with Crippen LogP contribution in [0.3, 0.4) is 0 Å². The number of aromatic nitrogens is 3. The number of nitrogens with one attached hydrogen (secondary N) is 1. The van der Waals surface area contributed by atoms with Crippen LogP contribution in [0.2, 0.25) is 0 Å². The van der Waals surface area contributed by atoms with Crippen molar-refractivity contribution in [1.29, 1.82) is 0 Å². The quantitative estimate of drug-likeness (QED) is 0.738. The number of methoxy groups -OCH3 is 1. The Labute approximate surface area is 145 Å². The van der Waals surface area contributed by atoms with Crippen molar-refractivity contribution in [3.63, 3.8) is 0 Å². The number of carbonyl (C=O) groups is 1. The van der Waals surface area contributed by atoms with Gasteiger partial charge in [0.2, 0.25) is 5.89 Å². The van der Waals surface area contributed by atoms with Crippen molar-refractivity contribution in [1.82, 2.24) is 20.0 Å². The lowest BCUT2D eigenvalue weighted by Gasteiger charge is -2.30. The molecule has 3 aromatic rings. The van der Waals surface area contributed by atoms with Gasteiger partial charge in [-0.3, -0.25) is 4.90 Å². The summed E-state index contributed by atoms with van der Waals surface area (Å²) in [5.41, 5.74) is 4.05. The van der Waals surface area contributed by atoms with E-state index in [1.54, 1.807) is 6.07 Å². The second-order valence-corrected chi connectivity index (χ2v) is 6.41. The normalized spacial score (nSPS) is 16.0. The van der Waals surface area contributed by atoms with Crippen LogP contribution in [0.4, 0.5) is 0 Å². The molecule has 2 aromatic heterocycles. The molecule has 25 heavy (non-hydrogen) atoms. The Kier molecular flexibility index (Phi) is 3.80. The van der Waals surface area contributed by atoms with Gasteiger partial charge >= 0.3 is 5.97 Å². The first-order valence-electron chi connectivity index (χ1n) is 8.33. The third-order valence-electron chi connectivity index (χ3n) is 4.87. The topological polar surface area (TPSA) is 84.3 Å². The van der Waals surface area contributed by atoms with E-state index in [2.05, 4.69) is 26.9 Å². The zero-order chi connectivity index (χ0) is 17.6. The number of ether oxygens (including phenoxy) is 1. The van der Waals surface area contributed by atoms with Gasteiger partial charge in [-0.2, -0.15) is 4.98 Å². The van der Waals surface area contributed by atoms with Gasteiger partial charge in [0, 0.05) is 36.1 Å². The van der Waals surface area contributed by atoms with Crippen LogP contribution in [0.1, 0.15) is 46.3 Å². The van der Waals surface area contributed by atoms with Crippen molar-refractivity contribution in [2.45, 2.75) is 32.9 Å². The minimum absolute atomic E-state index is 0.0445. The van der Waals surface area contributed by atoms with Crippen molar-refractivity contribution >= 4 is 16.9 Å². The molecule has 4 rings (SSSR count). The Balaban J connectivity index is 1.68. The molecule has 7 nitrogen and oxygen atoms in total. The van der Waals surface area contributed by atoms with Crippen molar-refractivity contribution in [3.05, 3.63) is 46.7 Å². The standard InChI is InChI=1S/C18H20N4O3/c1-10(17-19-11(2)21-25-17)22-7-6-16-14(9-22)13-8-12(18(23)24-3)4-5-15(13)20-16/h4-5,8,10,20H,6-7,9H2,1-3H3. The molecule has 1 aliphatic heterocycles. The summed E-state index contributed by atoms with van der Waals surface area (Å²) in [6.07, 6.45) is 0.912. The van der Waals surface area contributed by atoms with Crippen LogP contribution in [-0.4, -0.2) is 39.6 Å². The van der Waals surface area contributed by atoms with Gasteiger partial charge in [-0.05, 0) is 37.6 Å². The summed E-state index contributed by atoms with van der Waals surface area (Å²) < 4.78 is 10.2. The zero-order valence-electron chi connectivity index (χ0n) is 14.5. The molecular weight excluding hydrogens is 320 g/mol. The molecule has 1 atom stereocenters. The fourth-order valence-corrected chi connectivity index (χ4v) is 3.45. The van der Waals surface area contributed by atoms with E-state index in [1.807, 2.05) is 19.1 Å². The zero-order valence-corrected chi connectivity index (χ0v) is 14.5. The van der Waals surface area contributed by atoms with E-state index in [9.17, 15) is 4.79 Å². The summed E-state index contributed by atoms with van der Waals surface area (Å²) in [5.74, 6) is 0.963. The van der Waals surface area contributed by atoms with Crippen LogP contribution < -0.4 is 0 Å². The smallest absolute Gasteiger partial charge is 0.337 e. The highest BCUT2D eigenvalue weighted by atomic mass is 16.5. The Hall–Kier alpha value is -2.67. The fourth-order valence-electron chi connectivity index (χ4n) is 3.45. The molecule has 130 valence electrons. The average molecular weight is 340 g/mol. The molecule has 7 heteroatoms. The molecule has 1 N–H and O–H groups in total. The van der Waals surface area contributed by atoms with Crippen LogP contribution in [0.25, 0.3) is 10.9 Å². The van der Waals surface area contributed by atoms with Gasteiger partial charge < -0.3 is 14.2 Å². The average Bonchev–Trinajstić information content (AvgIpc) is 3.22. The molecule has 0 radical (unpaired) electrons. The molecule has 0 amide bonds. The highest BCUT2D eigenvalue weighted by molar-refractivity contribution is 5.96. The van der Waals surface area contributed by atoms with E-state index in [4.69, 9.17) is 9.26 Å². The summed E-state index contributed by atoms with van der Waals surface area (Å²) >= 11 is 0. The number of benzene rings is 1. The molecule has 0 spiro atoms. The number of aryl methyl sites for hydroxylation is 1. The largest absolute Gasteiger partial charge is 0.465 e. The summed E-state index contributed by atoms with van der Waals surface area (Å²) in [4.78, 5) is 22.0. The number of esters is 1. The Morgan fingerprint density at radius 3 is 3.00 bits per heavy atom. The highest BCUT2D eigenvalue weighted by Crippen LogP contribution is 2.32. The maximum atomic E-state index is 11.8. The van der Waals surface area contributed by atoms with E-state index in [0.29, 0.717) is 17.3 Å². The summed E-state index contributed by atoms with van der Waals surface area (Å²) in [6.45, 7) is 5.57. The summed E-state index contributed by atoms with van der Waals surface area (Å²) in [5, 5.41) is 4.95. The Bertz CT molecular complexity index is 943. The SMILES string of the molecule is COC(=O)c1ccc2[nH]c3c(c2c1)CN(C(C)c1nc(C)no1)CC3. The minimum Gasteiger partial charge on any atom is -0.465 e. The first-order valence-corrected chi connectivity index (χ1v) is 8.33. The number of hydrogen-bond acceptors (Lipinski definition) is 6. The van der Waals surface area contributed by atoms with E-state index in [-0.39, 0.29) is 12.0 Å². The van der Waals surface area contributed by atoms with Crippen molar-refractivity contribution in [3.8, 4) is 0 Å². The minimum atomic E-state index is -0.320. The van der Waals surface area contributed by atoms with Crippen LogP contribution in [0, 0.1) is 6.92 Å². The number of fused-ring (bicyclic) bond motifs is 3. The summed E-state index contributed by atoms with van der Waals surface area (Å²) in [6, 6.07) is 5.68. The maximum absolute atomic E-state index is 11.8. The van der Waals surface area contributed by atoms with Crippen LogP contribution in [0.15, 0.2) is 22.7 Å². The molecule has 1 unspecified atom stereocenters. The van der Waals surface area contributed by atoms with Gasteiger partial charge in [0.05, 0.1) is 18.7 Å². The number of rotatable bonds is 3. The molecule has 0 bridgehead atoms. The number of H-pyrrole nitrogens is 1. The van der Waals surface area contributed by atoms with Gasteiger partial charge in [0.25, 0.3) is 0 Å². The van der Waals surface area contributed by atoms with Crippen molar-refractivity contribution < 1.29 is 14.1 Å². The number of aromatic amines is 1. The van der Waals surface area contributed by atoms with Gasteiger partial charge in [-0.25, -0.2) is 4.79 Å². The van der Waals surface area contributed by atoms with Crippen LogP contribution >= 0.6 is 0 Å². The van der Waals surface area contributed by atoms with E-state index < -0.39 is 0 Å². The first-order chi connectivity index (χ1) is 12.1. The predicted octanol–water partition coefficient (Wildman–Crippen LogP) is 2.77. The molecule has 0 saturated heterocycles. The predicted molar refractivity (Wildman–Crippen MR) is 91.2 cm³/mol. The van der Waals surface area contributed by atoms with Crippen LogP contribution in [0.5, 0.6) is 0 Å². The fraction of sp³-hybridized carbons (Fsp3) is 0.389. The lowest BCUT2D eigenvalue weighted by atomic mass is 10.0. The molecule has 3 heterocycles. The Morgan fingerprint density at radius 2 is 2.28 bits per heavy atom. The lowest BCUT2D eigenvalue weighted by Crippen LogP contribution is -2.32. The van der Waals surface area contributed by atoms with Gasteiger partial charge in [0.1, 0.15) is 0 Å². The number of nitrogens with zero attached hydrogens (tertiary/aromatic N) is 3. The van der Waals surface area contributed by atoms with Crippen molar-refractivity contribution in [2.75, 3.05) is 13.7 Å². The molecule has 1 aromatic carbocycles. The van der Waals surface area contributed by atoms with E-state index in [0.717, 1.165) is 30.4 Å². The van der Waals surface area contributed by atoms with E-state index >= 15 is 0 Å². The number of carbonyl (C=O) groups excluding carboxylic acids is 1. The molecule has 0 aliphatic carbocycles.